The minimum atomic E-state index is -3.74. The van der Waals surface area contributed by atoms with Crippen molar-refractivity contribution in [3.8, 4) is 0 Å². The van der Waals surface area contributed by atoms with E-state index in [1.54, 1.807) is 24.3 Å². The molecule has 7 heteroatoms. The van der Waals surface area contributed by atoms with Gasteiger partial charge in [0.25, 0.3) is 0 Å². The van der Waals surface area contributed by atoms with Crippen LogP contribution in [0.3, 0.4) is 0 Å². The number of rotatable bonds is 4. The largest absolute Gasteiger partial charge is 0.326 e. The van der Waals surface area contributed by atoms with E-state index in [4.69, 9.17) is 5.14 Å². The predicted molar refractivity (Wildman–Crippen MR) is 79.2 cm³/mol. The highest BCUT2D eigenvalue weighted by molar-refractivity contribution is 7.89. The summed E-state index contributed by atoms with van der Waals surface area (Å²) in [7, 11) is -3.74. The fourth-order valence-electron chi connectivity index (χ4n) is 1.91. The molecule has 3 N–H and O–H groups in total. The van der Waals surface area contributed by atoms with E-state index in [2.05, 4.69) is 5.32 Å². The molecule has 2 aromatic carbocycles. The number of primary sulfonamides is 1. The Bertz CT molecular complexity index is 828. The van der Waals surface area contributed by atoms with E-state index in [0.717, 1.165) is 5.39 Å². The van der Waals surface area contributed by atoms with Gasteiger partial charge in [0, 0.05) is 5.69 Å². The number of anilines is 1. The second kappa shape index (κ2) is 5.63. The second-order valence-corrected chi connectivity index (χ2v) is 6.26. The summed E-state index contributed by atoms with van der Waals surface area (Å²) in [5.41, 5.74) is 0.539. The quantitative estimate of drug-likeness (QED) is 0.833. The van der Waals surface area contributed by atoms with Crippen molar-refractivity contribution < 1.29 is 18.0 Å². The van der Waals surface area contributed by atoms with Crippen LogP contribution >= 0.6 is 0 Å². The summed E-state index contributed by atoms with van der Waals surface area (Å²) in [6.45, 7) is 1.34. The molecule has 0 aliphatic carbocycles. The van der Waals surface area contributed by atoms with E-state index in [0.29, 0.717) is 11.1 Å². The molecule has 0 radical (unpaired) electrons. The molecule has 0 unspecified atom stereocenters. The van der Waals surface area contributed by atoms with E-state index in [1.807, 2.05) is 0 Å². The highest BCUT2D eigenvalue weighted by Crippen LogP contribution is 2.22. The first kappa shape index (κ1) is 15.1. The maximum atomic E-state index is 11.5. The maximum absolute atomic E-state index is 11.5. The zero-order chi connectivity index (χ0) is 15.6. The van der Waals surface area contributed by atoms with Crippen molar-refractivity contribution in [2.24, 2.45) is 5.14 Å². The number of Topliss-reactive ketones (excluding diaryl/α,β-unsaturated/α-hetero) is 1. The van der Waals surface area contributed by atoms with Gasteiger partial charge in [-0.2, -0.15) is 0 Å². The van der Waals surface area contributed by atoms with Crippen LogP contribution in [0.2, 0.25) is 0 Å². The van der Waals surface area contributed by atoms with Gasteiger partial charge in [0.15, 0.2) is 0 Å². The Balaban J connectivity index is 2.31. The maximum Gasteiger partial charge on any atom is 0.238 e. The average molecular weight is 306 g/mol. The van der Waals surface area contributed by atoms with Gasteiger partial charge >= 0.3 is 0 Å². The molecule has 0 aromatic heterocycles. The number of hydrogen-bond donors (Lipinski definition) is 2. The van der Waals surface area contributed by atoms with Gasteiger partial charge in [-0.15, -0.1) is 0 Å². The lowest BCUT2D eigenvalue weighted by Crippen LogP contribution is -2.14. The number of fused-ring (bicyclic) bond motifs is 1. The van der Waals surface area contributed by atoms with Crippen LogP contribution in [0, 0.1) is 0 Å². The van der Waals surface area contributed by atoms with E-state index in [1.165, 1.54) is 19.1 Å². The number of amides is 1. The monoisotopic (exact) mass is 306 g/mol. The molecular weight excluding hydrogens is 292 g/mol. The Kier molecular flexibility index (Phi) is 4.06. The molecule has 0 fully saturated rings. The van der Waals surface area contributed by atoms with Gasteiger partial charge in [0.05, 0.1) is 11.3 Å². The molecule has 0 bridgehead atoms. The number of hydrogen-bond acceptors (Lipinski definition) is 4. The molecule has 0 spiro atoms. The number of carbonyl (C=O) groups excluding carboxylic acids is 2. The van der Waals surface area contributed by atoms with Crippen LogP contribution in [0.25, 0.3) is 10.8 Å². The standard InChI is InChI=1S/C14H14N2O4S/c1-9(17)6-14(18)16-12-4-2-11-8-13(21(15,19)20)5-3-10(11)7-12/h2-5,7-8H,6H2,1H3,(H,16,18)(H2,15,19,20). The van der Waals surface area contributed by atoms with Gasteiger partial charge in [-0.1, -0.05) is 12.1 Å². The number of nitrogens with two attached hydrogens (primary N) is 1. The Morgan fingerprint density at radius 3 is 2.33 bits per heavy atom. The minimum absolute atomic E-state index is 0.0309. The molecule has 0 heterocycles. The molecule has 1 amide bonds. The van der Waals surface area contributed by atoms with Crippen LogP contribution < -0.4 is 10.5 Å². The Morgan fingerprint density at radius 1 is 1.10 bits per heavy atom. The molecule has 0 aliphatic heterocycles. The Hall–Kier alpha value is -2.25. The summed E-state index contributed by atoms with van der Waals surface area (Å²) in [6.07, 6.45) is -0.178. The molecule has 0 atom stereocenters. The number of ketones is 1. The van der Waals surface area contributed by atoms with Gasteiger partial charge in [-0.25, -0.2) is 13.6 Å². The summed E-state index contributed by atoms with van der Waals surface area (Å²) >= 11 is 0. The first-order valence-electron chi connectivity index (χ1n) is 6.11. The van der Waals surface area contributed by atoms with E-state index >= 15 is 0 Å². The van der Waals surface area contributed by atoms with Crippen molar-refractivity contribution in [2.45, 2.75) is 18.2 Å². The van der Waals surface area contributed by atoms with Crippen LogP contribution in [0.4, 0.5) is 5.69 Å². The highest BCUT2D eigenvalue weighted by Gasteiger charge is 2.09. The molecule has 0 aliphatic rings. The van der Waals surface area contributed by atoms with Crippen LogP contribution in [-0.2, 0) is 19.6 Å². The lowest BCUT2D eigenvalue weighted by atomic mass is 10.1. The van der Waals surface area contributed by atoms with Crippen LogP contribution in [0.1, 0.15) is 13.3 Å². The van der Waals surface area contributed by atoms with Gasteiger partial charge in [0.2, 0.25) is 15.9 Å². The van der Waals surface area contributed by atoms with Crippen molar-refractivity contribution >= 4 is 38.2 Å². The van der Waals surface area contributed by atoms with Gasteiger partial charge in [-0.05, 0) is 42.0 Å². The van der Waals surface area contributed by atoms with Crippen molar-refractivity contribution in [1.82, 2.24) is 0 Å². The Morgan fingerprint density at radius 2 is 1.71 bits per heavy atom. The lowest BCUT2D eigenvalue weighted by molar-refractivity contribution is -0.124. The minimum Gasteiger partial charge on any atom is -0.326 e. The fraction of sp³-hybridized carbons (Fsp3) is 0.143. The predicted octanol–water partition coefficient (Wildman–Crippen LogP) is 1.40. The van der Waals surface area contributed by atoms with Crippen LogP contribution in [0.5, 0.6) is 0 Å². The SMILES string of the molecule is CC(=O)CC(=O)Nc1ccc2cc(S(N)(=O)=O)ccc2c1. The normalized spacial score (nSPS) is 11.3. The van der Waals surface area contributed by atoms with Crippen LogP contribution in [0.15, 0.2) is 41.3 Å². The van der Waals surface area contributed by atoms with E-state index in [-0.39, 0.29) is 23.0 Å². The molecule has 0 saturated carbocycles. The van der Waals surface area contributed by atoms with Crippen molar-refractivity contribution in [3.63, 3.8) is 0 Å². The second-order valence-electron chi connectivity index (χ2n) is 4.70. The van der Waals surface area contributed by atoms with E-state index in [9.17, 15) is 18.0 Å². The smallest absolute Gasteiger partial charge is 0.238 e. The van der Waals surface area contributed by atoms with Gasteiger partial charge in [0.1, 0.15) is 5.78 Å². The van der Waals surface area contributed by atoms with Gasteiger partial charge < -0.3 is 5.32 Å². The van der Waals surface area contributed by atoms with E-state index < -0.39 is 10.0 Å². The summed E-state index contributed by atoms with van der Waals surface area (Å²) in [4.78, 5) is 22.4. The molecular formula is C14H14N2O4S. The van der Waals surface area contributed by atoms with Gasteiger partial charge in [-0.3, -0.25) is 9.59 Å². The zero-order valence-corrected chi connectivity index (χ0v) is 12.1. The third-order valence-electron chi connectivity index (χ3n) is 2.83. The fourth-order valence-corrected chi connectivity index (χ4v) is 2.46. The lowest BCUT2D eigenvalue weighted by Gasteiger charge is -2.06. The molecule has 0 saturated heterocycles. The topological polar surface area (TPSA) is 106 Å². The summed E-state index contributed by atoms with van der Waals surface area (Å²) in [6, 6.07) is 9.47. The average Bonchev–Trinajstić information content (AvgIpc) is 2.35. The van der Waals surface area contributed by atoms with Crippen molar-refractivity contribution in [2.75, 3.05) is 5.32 Å². The highest BCUT2D eigenvalue weighted by atomic mass is 32.2. The third kappa shape index (κ3) is 3.87. The molecule has 2 rings (SSSR count). The van der Waals surface area contributed by atoms with Crippen LogP contribution in [-0.4, -0.2) is 20.1 Å². The third-order valence-corrected chi connectivity index (χ3v) is 3.74. The number of nitrogens with one attached hydrogen (secondary N) is 1. The molecule has 6 nitrogen and oxygen atoms in total. The zero-order valence-electron chi connectivity index (χ0n) is 11.3. The summed E-state index contributed by atoms with van der Waals surface area (Å²) < 4.78 is 22.6. The number of sulfonamides is 1. The number of benzene rings is 2. The molecule has 110 valence electrons. The summed E-state index contributed by atoms with van der Waals surface area (Å²) in [5.74, 6) is -0.603. The summed E-state index contributed by atoms with van der Waals surface area (Å²) in [5, 5.41) is 9.12. The first-order chi connectivity index (χ1) is 9.75. The molecule has 21 heavy (non-hydrogen) atoms. The number of carbonyl (C=O) groups is 2. The van der Waals surface area contributed by atoms with Crippen molar-refractivity contribution in [3.05, 3.63) is 36.4 Å². The molecule has 2 aromatic rings. The Labute approximate surface area is 122 Å². The first-order valence-corrected chi connectivity index (χ1v) is 7.66. The van der Waals surface area contributed by atoms with Crippen molar-refractivity contribution in [1.29, 1.82) is 0 Å².